The highest BCUT2D eigenvalue weighted by molar-refractivity contribution is 6.42. The van der Waals surface area contributed by atoms with Gasteiger partial charge in [0.2, 0.25) is 5.91 Å². The Morgan fingerprint density at radius 3 is 2.80 bits per heavy atom. The zero-order valence-electron chi connectivity index (χ0n) is 11.4. The van der Waals surface area contributed by atoms with Crippen molar-refractivity contribution in [3.63, 3.8) is 0 Å². The molecule has 1 rings (SSSR count). The van der Waals surface area contributed by atoms with Crippen molar-refractivity contribution in [2.24, 2.45) is 0 Å². The number of aliphatic hydroxyl groups is 1. The lowest BCUT2D eigenvalue weighted by molar-refractivity contribution is -0.121. The smallest absolute Gasteiger partial charge is 0.223 e. The number of hydrogen-bond acceptors (Lipinski definition) is 3. The van der Waals surface area contributed by atoms with Gasteiger partial charge in [-0.05, 0) is 25.0 Å². The molecule has 0 bridgehead atoms. The summed E-state index contributed by atoms with van der Waals surface area (Å²) in [5.74, 6) is 0.474. The van der Waals surface area contributed by atoms with Crippen LogP contribution < -0.4 is 10.1 Å². The Kier molecular flexibility index (Phi) is 7.73. The summed E-state index contributed by atoms with van der Waals surface area (Å²) in [4.78, 5) is 11.5. The minimum atomic E-state index is -0.359. The van der Waals surface area contributed by atoms with Gasteiger partial charge in [0, 0.05) is 12.6 Å². The van der Waals surface area contributed by atoms with E-state index in [1.165, 1.54) is 0 Å². The summed E-state index contributed by atoms with van der Waals surface area (Å²) in [5, 5.41) is 13.0. The van der Waals surface area contributed by atoms with Crippen molar-refractivity contribution in [3.05, 3.63) is 28.2 Å². The van der Waals surface area contributed by atoms with Crippen LogP contribution in [0.3, 0.4) is 0 Å². The van der Waals surface area contributed by atoms with E-state index in [-0.39, 0.29) is 25.0 Å². The van der Waals surface area contributed by atoms with Crippen LogP contribution >= 0.6 is 23.2 Å². The molecule has 0 heterocycles. The van der Waals surface area contributed by atoms with Gasteiger partial charge in [0.15, 0.2) is 0 Å². The third kappa shape index (κ3) is 6.46. The molecule has 1 amide bonds. The van der Waals surface area contributed by atoms with Crippen molar-refractivity contribution in [1.82, 2.24) is 5.32 Å². The molecular formula is C14H19Cl2NO3. The van der Waals surface area contributed by atoms with Crippen LogP contribution in [0.2, 0.25) is 10.0 Å². The Hall–Kier alpha value is -0.970. The first-order chi connectivity index (χ1) is 9.52. The Morgan fingerprint density at radius 1 is 1.40 bits per heavy atom. The first-order valence-electron chi connectivity index (χ1n) is 6.55. The fraction of sp³-hybridized carbons (Fsp3) is 0.500. The molecule has 20 heavy (non-hydrogen) atoms. The van der Waals surface area contributed by atoms with Crippen molar-refractivity contribution in [3.8, 4) is 5.75 Å². The van der Waals surface area contributed by atoms with E-state index in [2.05, 4.69) is 5.32 Å². The second-order valence-electron chi connectivity index (χ2n) is 4.38. The summed E-state index contributed by atoms with van der Waals surface area (Å²) in [7, 11) is 0. The molecule has 6 heteroatoms. The summed E-state index contributed by atoms with van der Waals surface area (Å²) < 4.78 is 5.41. The van der Waals surface area contributed by atoms with E-state index in [1.807, 2.05) is 6.92 Å². The van der Waals surface area contributed by atoms with E-state index >= 15 is 0 Å². The molecule has 112 valence electrons. The zero-order valence-corrected chi connectivity index (χ0v) is 12.9. The van der Waals surface area contributed by atoms with Gasteiger partial charge in [0.25, 0.3) is 0 Å². The van der Waals surface area contributed by atoms with Crippen LogP contribution in [-0.2, 0) is 4.79 Å². The normalized spacial score (nSPS) is 12.0. The average molecular weight is 320 g/mol. The highest BCUT2D eigenvalue weighted by Crippen LogP contribution is 2.26. The van der Waals surface area contributed by atoms with Crippen molar-refractivity contribution in [2.45, 2.75) is 32.3 Å². The van der Waals surface area contributed by atoms with Gasteiger partial charge in [0.05, 0.1) is 29.2 Å². The first kappa shape index (κ1) is 17.1. The number of ether oxygens (including phenoxy) is 1. The van der Waals surface area contributed by atoms with Crippen LogP contribution in [0.25, 0.3) is 0 Å². The molecule has 1 aromatic rings. The lowest BCUT2D eigenvalue weighted by Crippen LogP contribution is -2.28. The third-order valence-electron chi connectivity index (χ3n) is 2.76. The number of halogens is 2. The lowest BCUT2D eigenvalue weighted by Gasteiger charge is -2.10. The number of carbonyl (C=O) groups excluding carboxylic acids is 1. The van der Waals surface area contributed by atoms with E-state index in [9.17, 15) is 9.90 Å². The monoisotopic (exact) mass is 319 g/mol. The van der Waals surface area contributed by atoms with Gasteiger partial charge >= 0.3 is 0 Å². The lowest BCUT2D eigenvalue weighted by atomic mass is 10.2. The molecule has 0 radical (unpaired) electrons. The van der Waals surface area contributed by atoms with Crippen molar-refractivity contribution in [2.75, 3.05) is 13.2 Å². The van der Waals surface area contributed by atoms with Crippen molar-refractivity contribution >= 4 is 29.1 Å². The van der Waals surface area contributed by atoms with Crippen LogP contribution in [0.1, 0.15) is 26.2 Å². The van der Waals surface area contributed by atoms with E-state index in [1.54, 1.807) is 18.2 Å². The van der Waals surface area contributed by atoms with Crippen LogP contribution in [0.15, 0.2) is 18.2 Å². The Labute approximate surface area is 129 Å². The fourth-order valence-corrected chi connectivity index (χ4v) is 1.79. The van der Waals surface area contributed by atoms with Crippen LogP contribution in [0, 0.1) is 0 Å². The number of amides is 1. The Balaban J connectivity index is 2.20. The second-order valence-corrected chi connectivity index (χ2v) is 5.19. The number of aliphatic hydroxyl groups excluding tert-OH is 1. The number of rotatable bonds is 8. The van der Waals surface area contributed by atoms with Gasteiger partial charge in [0.1, 0.15) is 5.75 Å². The number of carbonyl (C=O) groups is 1. The highest BCUT2D eigenvalue weighted by Gasteiger charge is 2.05. The van der Waals surface area contributed by atoms with Crippen LogP contribution in [0.5, 0.6) is 5.75 Å². The molecule has 0 spiro atoms. The summed E-state index contributed by atoms with van der Waals surface area (Å²) in [6.45, 7) is 2.64. The molecule has 0 aliphatic carbocycles. The molecule has 0 saturated heterocycles. The van der Waals surface area contributed by atoms with Crippen LogP contribution in [0.4, 0.5) is 0 Å². The first-order valence-corrected chi connectivity index (χ1v) is 7.31. The molecule has 0 aliphatic rings. The summed E-state index contributed by atoms with van der Waals surface area (Å²) in [6, 6.07) is 4.95. The quantitative estimate of drug-likeness (QED) is 0.774. The molecule has 1 unspecified atom stereocenters. The highest BCUT2D eigenvalue weighted by atomic mass is 35.5. The van der Waals surface area contributed by atoms with Gasteiger partial charge in [-0.15, -0.1) is 0 Å². The fourth-order valence-electron chi connectivity index (χ4n) is 1.50. The molecule has 0 saturated carbocycles. The van der Waals surface area contributed by atoms with Crippen molar-refractivity contribution in [1.29, 1.82) is 0 Å². The molecule has 4 nitrogen and oxygen atoms in total. The summed E-state index contributed by atoms with van der Waals surface area (Å²) in [5.41, 5.74) is 0. The predicted octanol–water partition coefficient (Wildman–Crippen LogP) is 3.04. The standard InChI is InChI=1S/C14H19Cl2NO3/c1-2-10(18)5-7-17-14(19)6-8-20-11-3-4-12(15)13(16)9-11/h3-4,9-10,18H,2,5-8H2,1H3,(H,17,19). The van der Waals surface area contributed by atoms with Gasteiger partial charge in [-0.1, -0.05) is 30.1 Å². The topological polar surface area (TPSA) is 58.6 Å². The maximum atomic E-state index is 11.5. The van der Waals surface area contributed by atoms with Gasteiger partial charge in [-0.2, -0.15) is 0 Å². The number of hydrogen-bond donors (Lipinski definition) is 2. The average Bonchev–Trinajstić information content (AvgIpc) is 2.42. The molecule has 1 atom stereocenters. The molecule has 0 fully saturated rings. The minimum absolute atomic E-state index is 0.103. The Morgan fingerprint density at radius 2 is 2.15 bits per heavy atom. The molecule has 2 N–H and O–H groups in total. The van der Waals surface area contributed by atoms with Crippen LogP contribution in [-0.4, -0.2) is 30.3 Å². The van der Waals surface area contributed by atoms with Gasteiger partial charge in [-0.3, -0.25) is 4.79 Å². The largest absolute Gasteiger partial charge is 0.493 e. The van der Waals surface area contributed by atoms with E-state index < -0.39 is 0 Å². The molecule has 0 aromatic heterocycles. The maximum absolute atomic E-state index is 11.5. The molecular weight excluding hydrogens is 301 g/mol. The van der Waals surface area contributed by atoms with E-state index in [0.717, 1.165) is 0 Å². The van der Waals surface area contributed by atoms with E-state index in [4.69, 9.17) is 27.9 Å². The van der Waals surface area contributed by atoms with Gasteiger partial charge in [-0.25, -0.2) is 0 Å². The van der Waals surface area contributed by atoms with Gasteiger partial charge < -0.3 is 15.2 Å². The van der Waals surface area contributed by atoms with Crippen molar-refractivity contribution < 1.29 is 14.6 Å². The molecule has 1 aromatic carbocycles. The zero-order chi connectivity index (χ0) is 15.0. The second kappa shape index (κ2) is 9.06. The minimum Gasteiger partial charge on any atom is -0.493 e. The molecule has 0 aliphatic heterocycles. The summed E-state index contributed by atoms with van der Waals surface area (Å²) >= 11 is 11.6. The summed E-state index contributed by atoms with van der Waals surface area (Å²) in [6.07, 6.45) is 1.15. The third-order valence-corrected chi connectivity index (χ3v) is 3.50. The maximum Gasteiger partial charge on any atom is 0.223 e. The SMILES string of the molecule is CCC(O)CCNC(=O)CCOc1ccc(Cl)c(Cl)c1. The number of benzene rings is 1. The number of nitrogens with one attached hydrogen (secondary N) is 1. The van der Waals surface area contributed by atoms with E-state index in [0.29, 0.717) is 35.2 Å². The Bertz CT molecular complexity index is 440. The predicted molar refractivity (Wildman–Crippen MR) is 80.5 cm³/mol.